The van der Waals surface area contributed by atoms with Crippen LogP contribution in [0, 0.1) is 6.92 Å². The summed E-state index contributed by atoms with van der Waals surface area (Å²) in [5.41, 5.74) is 3.39. The van der Waals surface area contributed by atoms with Gasteiger partial charge in [0, 0.05) is 75.2 Å². The molecule has 0 bridgehead atoms. The highest BCUT2D eigenvalue weighted by Gasteiger charge is 2.31. The van der Waals surface area contributed by atoms with Crippen molar-refractivity contribution in [3.8, 4) is 0 Å². The lowest BCUT2D eigenvalue weighted by Gasteiger charge is -2.34. The van der Waals surface area contributed by atoms with Gasteiger partial charge in [-0.05, 0) is 38.9 Å². The number of likely N-dealkylation sites (tertiary alicyclic amines) is 2. The van der Waals surface area contributed by atoms with Crippen molar-refractivity contribution in [2.45, 2.75) is 32.1 Å². The molecular formula is C21H31N5O2. The fourth-order valence-corrected chi connectivity index (χ4v) is 4.49. The number of pyridine rings is 1. The van der Waals surface area contributed by atoms with Gasteiger partial charge < -0.3 is 19.6 Å². The van der Waals surface area contributed by atoms with E-state index in [2.05, 4.69) is 35.9 Å². The van der Waals surface area contributed by atoms with Crippen LogP contribution in [-0.2, 0) is 9.59 Å². The van der Waals surface area contributed by atoms with E-state index in [9.17, 15) is 9.59 Å². The Labute approximate surface area is 167 Å². The molecule has 0 radical (unpaired) electrons. The third-order valence-electron chi connectivity index (χ3n) is 6.28. The molecule has 7 heteroatoms. The Morgan fingerprint density at radius 2 is 1.93 bits per heavy atom. The summed E-state index contributed by atoms with van der Waals surface area (Å²) in [5, 5.41) is 0. The molecule has 0 unspecified atom stereocenters. The summed E-state index contributed by atoms with van der Waals surface area (Å²) >= 11 is 0. The van der Waals surface area contributed by atoms with Gasteiger partial charge in [0.15, 0.2) is 0 Å². The van der Waals surface area contributed by atoms with Crippen LogP contribution in [0.2, 0.25) is 0 Å². The lowest BCUT2D eigenvalue weighted by atomic mass is 10.0. The molecule has 0 saturated carbocycles. The number of hydrogen-bond donors (Lipinski definition) is 0. The zero-order valence-electron chi connectivity index (χ0n) is 17.1. The van der Waals surface area contributed by atoms with Gasteiger partial charge in [-0.3, -0.25) is 14.6 Å². The monoisotopic (exact) mass is 385 g/mol. The first kappa shape index (κ1) is 19.2. The molecule has 4 rings (SSSR count). The van der Waals surface area contributed by atoms with E-state index in [0.717, 1.165) is 63.5 Å². The molecule has 28 heavy (non-hydrogen) atoms. The summed E-state index contributed by atoms with van der Waals surface area (Å²) in [4.78, 5) is 37.6. The van der Waals surface area contributed by atoms with Crippen molar-refractivity contribution in [2.75, 3.05) is 64.3 Å². The van der Waals surface area contributed by atoms with Gasteiger partial charge in [0.05, 0.1) is 6.54 Å². The number of aromatic nitrogens is 1. The minimum atomic E-state index is 0.0738. The largest absolute Gasteiger partial charge is 0.369 e. The van der Waals surface area contributed by atoms with Crippen LogP contribution in [0.1, 0.15) is 36.6 Å². The summed E-state index contributed by atoms with van der Waals surface area (Å²) in [7, 11) is 2.17. The first-order valence-electron chi connectivity index (χ1n) is 10.5. The van der Waals surface area contributed by atoms with Crippen molar-refractivity contribution in [1.82, 2.24) is 19.7 Å². The van der Waals surface area contributed by atoms with Gasteiger partial charge in [0.2, 0.25) is 11.8 Å². The van der Waals surface area contributed by atoms with Crippen LogP contribution in [0.15, 0.2) is 12.1 Å². The van der Waals surface area contributed by atoms with E-state index in [4.69, 9.17) is 4.98 Å². The van der Waals surface area contributed by atoms with E-state index in [1.807, 2.05) is 4.90 Å². The van der Waals surface area contributed by atoms with Crippen molar-refractivity contribution in [2.24, 2.45) is 0 Å². The van der Waals surface area contributed by atoms with Gasteiger partial charge in [0.1, 0.15) is 0 Å². The molecule has 2 amide bonds. The smallest absolute Gasteiger partial charge is 0.242 e. The highest BCUT2D eigenvalue weighted by molar-refractivity contribution is 5.86. The molecule has 0 spiro atoms. The van der Waals surface area contributed by atoms with Crippen molar-refractivity contribution >= 4 is 17.5 Å². The number of carbonyl (C=O) groups excluding carboxylic acids is 2. The summed E-state index contributed by atoms with van der Waals surface area (Å²) in [5.74, 6) is 0.468. The summed E-state index contributed by atoms with van der Waals surface area (Å²) < 4.78 is 0. The predicted octanol–water partition coefficient (Wildman–Crippen LogP) is 1.08. The molecule has 1 aromatic rings. The second kappa shape index (κ2) is 8.07. The molecule has 0 aromatic carbocycles. The molecule has 3 aliphatic heterocycles. The first-order valence-corrected chi connectivity index (χ1v) is 10.5. The number of likely N-dealkylation sites (N-methyl/N-ethyl adjacent to an activating group) is 1. The normalized spacial score (nSPS) is 23.7. The lowest BCUT2D eigenvalue weighted by Crippen LogP contribution is -2.44. The second-order valence-corrected chi connectivity index (χ2v) is 8.43. The highest BCUT2D eigenvalue weighted by Crippen LogP contribution is 2.29. The van der Waals surface area contributed by atoms with Crippen LogP contribution >= 0.6 is 0 Å². The van der Waals surface area contributed by atoms with Crippen molar-refractivity contribution in [3.05, 3.63) is 23.5 Å². The van der Waals surface area contributed by atoms with Crippen LogP contribution in [-0.4, -0.2) is 90.9 Å². The summed E-state index contributed by atoms with van der Waals surface area (Å²) in [6, 6.07) is 4.40. The fraction of sp³-hybridized carbons (Fsp3) is 0.667. The quantitative estimate of drug-likeness (QED) is 0.776. The number of aryl methyl sites for hydroxylation is 1. The fourth-order valence-electron chi connectivity index (χ4n) is 4.49. The minimum Gasteiger partial charge on any atom is -0.369 e. The molecule has 4 heterocycles. The first-order chi connectivity index (χ1) is 13.5. The van der Waals surface area contributed by atoms with Crippen LogP contribution in [0.4, 0.5) is 5.69 Å². The molecule has 7 nitrogen and oxygen atoms in total. The van der Waals surface area contributed by atoms with Gasteiger partial charge in [-0.1, -0.05) is 0 Å². The van der Waals surface area contributed by atoms with Crippen LogP contribution < -0.4 is 4.90 Å². The molecule has 3 fully saturated rings. The zero-order chi connectivity index (χ0) is 19.7. The maximum Gasteiger partial charge on any atom is 0.242 e. The second-order valence-electron chi connectivity index (χ2n) is 8.43. The number of amides is 2. The molecule has 3 saturated heterocycles. The summed E-state index contributed by atoms with van der Waals surface area (Å²) in [6.07, 6.45) is 2.40. The SMILES string of the molecule is Cc1cc(N2CCN(C)CC2)cc([C@@H]2CCN(C(=O)CN3CCCC3=O)C2)n1. The minimum absolute atomic E-state index is 0.0738. The van der Waals surface area contributed by atoms with Gasteiger partial charge in [-0.15, -0.1) is 0 Å². The van der Waals surface area contributed by atoms with Gasteiger partial charge in [-0.25, -0.2) is 0 Å². The van der Waals surface area contributed by atoms with Crippen LogP contribution in [0.25, 0.3) is 0 Å². The van der Waals surface area contributed by atoms with Crippen LogP contribution in [0.5, 0.6) is 0 Å². The lowest BCUT2D eigenvalue weighted by molar-refractivity contribution is -0.137. The Hall–Kier alpha value is -2.15. The van der Waals surface area contributed by atoms with Gasteiger partial charge in [-0.2, -0.15) is 0 Å². The number of nitrogens with zero attached hydrogens (tertiary/aromatic N) is 5. The molecule has 3 aliphatic rings. The zero-order valence-corrected chi connectivity index (χ0v) is 17.1. The van der Waals surface area contributed by atoms with Crippen molar-refractivity contribution in [3.63, 3.8) is 0 Å². The van der Waals surface area contributed by atoms with Crippen LogP contribution in [0.3, 0.4) is 0 Å². The van der Waals surface area contributed by atoms with Gasteiger partial charge in [0.25, 0.3) is 0 Å². The Morgan fingerprint density at radius 1 is 1.14 bits per heavy atom. The molecule has 1 atom stereocenters. The van der Waals surface area contributed by atoms with E-state index in [1.165, 1.54) is 5.69 Å². The topological polar surface area (TPSA) is 60.0 Å². The maximum absolute atomic E-state index is 12.6. The standard InChI is InChI=1S/C21H31N5O2/c1-16-12-18(24-10-8-23(2)9-11-24)13-19(22-16)17-5-7-26(14-17)21(28)15-25-6-3-4-20(25)27/h12-13,17H,3-11,14-15H2,1-2H3/t17-/m1/s1. The molecule has 0 N–H and O–H groups in total. The van der Waals surface area contributed by atoms with Crippen molar-refractivity contribution in [1.29, 1.82) is 0 Å². The van der Waals surface area contributed by atoms with E-state index in [0.29, 0.717) is 13.0 Å². The number of hydrogen-bond acceptors (Lipinski definition) is 5. The van der Waals surface area contributed by atoms with E-state index >= 15 is 0 Å². The third-order valence-corrected chi connectivity index (χ3v) is 6.28. The predicted molar refractivity (Wildman–Crippen MR) is 108 cm³/mol. The number of rotatable bonds is 4. The number of anilines is 1. The molecule has 0 aliphatic carbocycles. The van der Waals surface area contributed by atoms with E-state index < -0.39 is 0 Å². The summed E-state index contributed by atoms with van der Waals surface area (Å²) in [6.45, 7) is 8.71. The Balaban J connectivity index is 1.40. The Kier molecular flexibility index (Phi) is 5.53. The Bertz CT molecular complexity index is 744. The van der Waals surface area contributed by atoms with E-state index in [1.54, 1.807) is 4.90 Å². The molecular weight excluding hydrogens is 354 g/mol. The van der Waals surface area contributed by atoms with Crippen molar-refractivity contribution < 1.29 is 9.59 Å². The molecule has 1 aromatic heterocycles. The third kappa shape index (κ3) is 4.14. The van der Waals surface area contributed by atoms with E-state index in [-0.39, 0.29) is 24.3 Å². The maximum atomic E-state index is 12.6. The number of carbonyl (C=O) groups is 2. The average molecular weight is 386 g/mol. The average Bonchev–Trinajstić information content (AvgIpc) is 3.32. The number of piperazine rings is 1. The Morgan fingerprint density at radius 3 is 2.64 bits per heavy atom. The van der Waals surface area contributed by atoms with Gasteiger partial charge >= 0.3 is 0 Å². The molecule has 152 valence electrons. The highest BCUT2D eigenvalue weighted by atomic mass is 16.2.